The van der Waals surface area contributed by atoms with E-state index < -0.39 is 0 Å². The van der Waals surface area contributed by atoms with E-state index in [1.807, 2.05) is 23.1 Å². The zero-order chi connectivity index (χ0) is 15.2. The molecule has 1 saturated heterocycles. The summed E-state index contributed by atoms with van der Waals surface area (Å²) in [6.07, 6.45) is 1.74. The first-order chi connectivity index (χ1) is 10.8. The monoisotopic (exact) mass is 316 g/mol. The summed E-state index contributed by atoms with van der Waals surface area (Å²) in [5.74, 6) is 0. The molecule has 0 spiro atoms. The molecular weight excluding hydrogens is 296 g/mol. The number of rotatable bonds is 4. The van der Waals surface area contributed by atoms with Gasteiger partial charge in [0.25, 0.3) is 0 Å². The summed E-state index contributed by atoms with van der Waals surface area (Å²) < 4.78 is 0. The third kappa shape index (κ3) is 4.05. The van der Waals surface area contributed by atoms with Gasteiger partial charge in [0.15, 0.2) is 0 Å². The fourth-order valence-corrected chi connectivity index (χ4v) is 3.26. The maximum absolute atomic E-state index is 12.2. The Balaban J connectivity index is 1.42. The molecule has 0 radical (unpaired) electrons. The molecule has 1 aliphatic rings. The lowest BCUT2D eigenvalue weighted by Crippen LogP contribution is -2.51. The SMILES string of the molecule is O=C(NCc1ccccn1)N1CCN(Cc2cccs2)CC1. The Hall–Kier alpha value is -1.92. The minimum Gasteiger partial charge on any atom is -0.332 e. The molecule has 0 saturated carbocycles. The first-order valence-electron chi connectivity index (χ1n) is 7.49. The number of urea groups is 1. The van der Waals surface area contributed by atoms with Gasteiger partial charge in [-0.15, -0.1) is 11.3 Å². The van der Waals surface area contributed by atoms with Crippen molar-refractivity contribution in [3.8, 4) is 0 Å². The summed E-state index contributed by atoms with van der Waals surface area (Å²) in [4.78, 5) is 22.0. The van der Waals surface area contributed by atoms with Crippen LogP contribution in [0.3, 0.4) is 0 Å². The predicted molar refractivity (Wildman–Crippen MR) is 87.6 cm³/mol. The van der Waals surface area contributed by atoms with Crippen LogP contribution in [0.1, 0.15) is 10.6 Å². The van der Waals surface area contributed by atoms with Crippen LogP contribution in [-0.4, -0.2) is 47.0 Å². The quantitative estimate of drug-likeness (QED) is 0.940. The lowest BCUT2D eigenvalue weighted by Gasteiger charge is -2.34. The number of nitrogens with one attached hydrogen (secondary N) is 1. The number of hydrogen-bond donors (Lipinski definition) is 1. The third-order valence-corrected chi connectivity index (χ3v) is 4.63. The van der Waals surface area contributed by atoms with Gasteiger partial charge >= 0.3 is 6.03 Å². The Morgan fingerprint density at radius 1 is 1.18 bits per heavy atom. The molecule has 0 bridgehead atoms. The van der Waals surface area contributed by atoms with Crippen molar-refractivity contribution >= 4 is 17.4 Å². The van der Waals surface area contributed by atoms with Crippen LogP contribution in [0.25, 0.3) is 0 Å². The number of hydrogen-bond acceptors (Lipinski definition) is 4. The van der Waals surface area contributed by atoms with Crippen molar-refractivity contribution in [1.82, 2.24) is 20.1 Å². The summed E-state index contributed by atoms with van der Waals surface area (Å²) in [6, 6.07) is 9.97. The zero-order valence-corrected chi connectivity index (χ0v) is 13.3. The van der Waals surface area contributed by atoms with Crippen LogP contribution < -0.4 is 5.32 Å². The van der Waals surface area contributed by atoms with Gasteiger partial charge in [0.2, 0.25) is 0 Å². The predicted octanol–water partition coefficient (Wildman–Crippen LogP) is 2.17. The topological polar surface area (TPSA) is 48.5 Å². The molecule has 2 aromatic heterocycles. The molecule has 3 heterocycles. The van der Waals surface area contributed by atoms with E-state index in [1.165, 1.54) is 4.88 Å². The molecule has 0 atom stereocenters. The highest BCUT2D eigenvalue weighted by atomic mass is 32.1. The summed E-state index contributed by atoms with van der Waals surface area (Å²) in [7, 11) is 0. The number of carbonyl (C=O) groups is 1. The van der Waals surface area contributed by atoms with E-state index in [0.717, 1.165) is 38.4 Å². The van der Waals surface area contributed by atoms with E-state index >= 15 is 0 Å². The molecule has 5 nitrogen and oxygen atoms in total. The third-order valence-electron chi connectivity index (χ3n) is 3.77. The van der Waals surface area contributed by atoms with Crippen molar-refractivity contribution in [2.24, 2.45) is 0 Å². The number of pyridine rings is 1. The van der Waals surface area contributed by atoms with Crippen LogP contribution in [0, 0.1) is 0 Å². The summed E-state index contributed by atoms with van der Waals surface area (Å²) >= 11 is 1.79. The van der Waals surface area contributed by atoms with E-state index in [0.29, 0.717) is 6.54 Å². The zero-order valence-electron chi connectivity index (χ0n) is 12.4. The fraction of sp³-hybridized carbons (Fsp3) is 0.375. The minimum atomic E-state index is 0.00132. The van der Waals surface area contributed by atoms with Gasteiger partial charge in [-0.1, -0.05) is 12.1 Å². The fourth-order valence-electron chi connectivity index (χ4n) is 2.51. The van der Waals surface area contributed by atoms with Crippen molar-refractivity contribution in [3.05, 3.63) is 52.5 Å². The van der Waals surface area contributed by atoms with Gasteiger partial charge in [0.05, 0.1) is 12.2 Å². The van der Waals surface area contributed by atoms with Crippen LogP contribution in [0.5, 0.6) is 0 Å². The molecule has 2 aromatic rings. The molecule has 1 fully saturated rings. The Labute approximate surface area is 134 Å². The lowest BCUT2D eigenvalue weighted by atomic mass is 10.3. The molecule has 0 aliphatic carbocycles. The average molecular weight is 316 g/mol. The Bertz CT molecular complexity index is 579. The van der Waals surface area contributed by atoms with Crippen molar-refractivity contribution in [1.29, 1.82) is 0 Å². The van der Waals surface area contributed by atoms with E-state index in [4.69, 9.17) is 0 Å². The van der Waals surface area contributed by atoms with Gasteiger partial charge in [-0.25, -0.2) is 4.79 Å². The maximum atomic E-state index is 12.2. The molecule has 6 heteroatoms. The van der Waals surface area contributed by atoms with E-state index in [-0.39, 0.29) is 6.03 Å². The van der Waals surface area contributed by atoms with Gasteiger partial charge in [0, 0.05) is 43.8 Å². The molecule has 3 rings (SSSR count). The first kappa shape index (κ1) is 15.0. The smallest absolute Gasteiger partial charge is 0.317 e. The molecule has 0 aromatic carbocycles. The molecule has 0 unspecified atom stereocenters. The van der Waals surface area contributed by atoms with Crippen molar-refractivity contribution < 1.29 is 4.79 Å². The van der Waals surface area contributed by atoms with Gasteiger partial charge in [-0.05, 0) is 23.6 Å². The van der Waals surface area contributed by atoms with Crippen molar-refractivity contribution in [2.45, 2.75) is 13.1 Å². The first-order valence-corrected chi connectivity index (χ1v) is 8.36. The van der Waals surface area contributed by atoms with Crippen LogP contribution in [-0.2, 0) is 13.1 Å². The second kappa shape index (κ2) is 7.38. The van der Waals surface area contributed by atoms with Crippen molar-refractivity contribution in [3.63, 3.8) is 0 Å². The molecule has 116 valence electrons. The van der Waals surface area contributed by atoms with Crippen LogP contribution in [0.4, 0.5) is 4.79 Å². The Morgan fingerprint density at radius 3 is 2.73 bits per heavy atom. The number of aromatic nitrogens is 1. The molecule has 2 amide bonds. The highest BCUT2D eigenvalue weighted by Gasteiger charge is 2.21. The second-order valence-corrected chi connectivity index (χ2v) is 6.35. The number of thiophene rings is 1. The van der Waals surface area contributed by atoms with Gasteiger partial charge < -0.3 is 10.2 Å². The maximum Gasteiger partial charge on any atom is 0.317 e. The molecule has 1 aliphatic heterocycles. The van der Waals surface area contributed by atoms with Crippen LogP contribution >= 0.6 is 11.3 Å². The van der Waals surface area contributed by atoms with Crippen LogP contribution in [0.15, 0.2) is 41.9 Å². The number of carbonyl (C=O) groups excluding carboxylic acids is 1. The Kier molecular flexibility index (Phi) is 5.03. The van der Waals surface area contributed by atoms with E-state index in [1.54, 1.807) is 17.5 Å². The highest BCUT2D eigenvalue weighted by molar-refractivity contribution is 7.09. The van der Waals surface area contributed by atoms with Gasteiger partial charge in [-0.3, -0.25) is 9.88 Å². The average Bonchev–Trinajstić information content (AvgIpc) is 3.07. The summed E-state index contributed by atoms with van der Waals surface area (Å²) in [6.45, 7) is 4.87. The molecule has 22 heavy (non-hydrogen) atoms. The van der Waals surface area contributed by atoms with E-state index in [2.05, 4.69) is 32.7 Å². The summed E-state index contributed by atoms with van der Waals surface area (Å²) in [5.41, 5.74) is 0.882. The largest absolute Gasteiger partial charge is 0.332 e. The number of amides is 2. The number of nitrogens with zero attached hydrogens (tertiary/aromatic N) is 3. The lowest BCUT2D eigenvalue weighted by molar-refractivity contribution is 0.135. The molecule has 1 N–H and O–H groups in total. The highest BCUT2D eigenvalue weighted by Crippen LogP contribution is 2.13. The second-order valence-electron chi connectivity index (χ2n) is 5.32. The number of piperazine rings is 1. The Morgan fingerprint density at radius 2 is 2.05 bits per heavy atom. The van der Waals surface area contributed by atoms with E-state index in [9.17, 15) is 4.79 Å². The normalized spacial score (nSPS) is 15.7. The molecular formula is C16H20N4OS. The van der Waals surface area contributed by atoms with Crippen molar-refractivity contribution in [2.75, 3.05) is 26.2 Å². The van der Waals surface area contributed by atoms with Gasteiger partial charge in [-0.2, -0.15) is 0 Å². The van der Waals surface area contributed by atoms with Gasteiger partial charge in [0.1, 0.15) is 0 Å². The standard InChI is InChI=1S/C16H20N4OS/c21-16(18-12-14-4-1-2-6-17-14)20-9-7-19(8-10-20)13-15-5-3-11-22-15/h1-6,11H,7-10,12-13H2,(H,18,21). The van der Waals surface area contributed by atoms with Crippen LogP contribution in [0.2, 0.25) is 0 Å². The minimum absolute atomic E-state index is 0.00132. The summed E-state index contributed by atoms with van der Waals surface area (Å²) in [5, 5.41) is 5.04.